The molecule has 0 spiro atoms. The van der Waals surface area contributed by atoms with Crippen molar-refractivity contribution in [1.82, 2.24) is 9.88 Å². The van der Waals surface area contributed by atoms with Gasteiger partial charge in [-0.2, -0.15) is 0 Å². The van der Waals surface area contributed by atoms with Crippen molar-refractivity contribution in [2.24, 2.45) is 5.92 Å². The second-order valence-corrected chi connectivity index (χ2v) is 4.27. The SMILES string of the molecule is CC(C)[C@@H](C)NC(=O)Cn1ccccc1=O. The lowest BCUT2D eigenvalue weighted by Gasteiger charge is -2.17. The van der Waals surface area contributed by atoms with Crippen molar-refractivity contribution in [2.45, 2.75) is 33.4 Å². The predicted octanol–water partition coefficient (Wildman–Crippen LogP) is 1.01. The van der Waals surface area contributed by atoms with Crippen LogP contribution in [-0.2, 0) is 11.3 Å². The first kappa shape index (κ1) is 12.5. The predicted molar refractivity (Wildman–Crippen MR) is 63.1 cm³/mol. The zero-order valence-electron chi connectivity index (χ0n) is 9.93. The summed E-state index contributed by atoms with van der Waals surface area (Å²) in [4.78, 5) is 23.0. The van der Waals surface area contributed by atoms with Crippen molar-refractivity contribution < 1.29 is 4.79 Å². The van der Waals surface area contributed by atoms with Gasteiger partial charge in [0.1, 0.15) is 6.54 Å². The molecule has 4 nitrogen and oxygen atoms in total. The molecule has 0 saturated heterocycles. The second kappa shape index (κ2) is 5.49. The van der Waals surface area contributed by atoms with Gasteiger partial charge in [0, 0.05) is 18.3 Å². The van der Waals surface area contributed by atoms with Gasteiger partial charge in [0.2, 0.25) is 5.91 Å². The van der Waals surface area contributed by atoms with Crippen LogP contribution in [0.1, 0.15) is 20.8 Å². The Labute approximate surface area is 95.3 Å². The van der Waals surface area contributed by atoms with Gasteiger partial charge < -0.3 is 9.88 Å². The van der Waals surface area contributed by atoms with E-state index >= 15 is 0 Å². The van der Waals surface area contributed by atoms with Gasteiger partial charge in [-0.3, -0.25) is 9.59 Å². The Kier molecular flexibility index (Phi) is 4.28. The van der Waals surface area contributed by atoms with Gasteiger partial charge in [-0.25, -0.2) is 0 Å². The van der Waals surface area contributed by atoms with Crippen molar-refractivity contribution in [3.8, 4) is 0 Å². The lowest BCUT2D eigenvalue weighted by Crippen LogP contribution is -2.39. The molecular weight excluding hydrogens is 204 g/mol. The van der Waals surface area contributed by atoms with Crippen LogP contribution in [0.4, 0.5) is 0 Å². The maximum Gasteiger partial charge on any atom is 0.250 e. The van der Waals surface area contributed by atoms with Crippen LogP contribution in [-0.4, -0.2) is 16.5 Å². The zero-order chi connectivity index (χ0) is 12.1. The van der Waals surface area contributed by atoms with Gasteiger partial charge in [-0.05, 0) is 18.9 Å². The lowest BCUT2D eigenvalue weighted by atomic mass is 10.1. The second-order valence-electron chi connectivity index (χ2n) is 4.27. The Morgan fingerprint density at radius 3 is 2.62 bits per heavy atom. The van der Waals surface area contributed by atoms with E-state index in [-0.39, 0.29) is 24.1 Å². The largest absolute Gasteiger partial charge is 0.352 e. The van der Waals surface area contributed by atoms with Gasteiger partial charge in [-0.1, -0.05) is 19.9 Å². The number of carbonyl (C=O) groups excluding carboxylic acids is 1. The van der Waals surface area contributed by atoms with Crippen molar-refractivity contribution in [2.75, 3.05) is 0 Å². The molecule has 0 radical (unpaired) electrons. The first-order valence-electron chi connectivity index (χ1n) is 5.45. The molecule has 0 aliphatic heterocycles. The summed E-state index contributed by atoms with van der Waals surface area (Å²) < 4.78 is 1.39. The molecule has 1 N–H and O–H groups in total. The van der Waals surface area contributed by atoms with Gasteiger partial charge in [0.15, 0.2) is 0 Å². The van der Waals surface area contributed by atoms with E-state index in [0.29, 0.717) is 5.92 Å². The number of carbonyl (C=O) groups is 1. The molecule has 1 rings (SSSR count). The molecule has 4 heteroatoms. The van der Waals surface area contributed by atoms with Crippen LogP contribution in [0.15, 0.2) is 29.2 Å². The summed E-state index contributed by atoms with van der Waals surface area (Å²) in [5.41, 5.74) is -0.158. The molecule has 0 unspecified atom stereocenters. The summed E-state index contributed by atoms with van der Waals surface area (Å²) in [5.74, 6) is 0.256. The van der Waals surface area contributed by atoms with Crippen LogP contribution in [0.3, 0.4) is 0 Å². The molecule has 1 aromatic heterocycles. The minimum absolute atomic E-state index is 0.0801. The summed E-state index contributed by atoms with van der Waals surface area (Å²) in [6.07, 6.45) is 1.61. The highest BCUT2D eigenvalue weighted by Crippen LogP contribution is 1.99. The Morgan fingerprint density at radius 1 is 1.38 bits per heavy atom. The third kappa shape index (κ3) is 3.53. The molecular formula is C12H18N2O2. The molecule has 0 fully saturated rings. The first-order valence-corrected chi connectivity index (χ1v) is 5.45. The van der Waals surface area contributed by atoms with Gasteiger partial charge in [0.25, 0.3) is 5.56 Å². The third-order valence-electron chi connectivity index (χ3n) is 2.60. The fraction of sp³-hybridized carbons (Fsp3) is 0.500. The maximum absolute atomic E-state index is 11.6. The minimum Gasteiger partial charge on any atom is -0.352 e. The Balaban J connectivity index is 2.59. The van der Waals surface area contributed by atoms with E-state index in [9.17, 15) is 9.59 Å². The van der Waals surface area contributed by atoms with Crippen LogP contribution in [0.2, 0.25) is 0 Å². The van der Waals surface area contributed by atoms with E-state index in [1.165, 1.54) is 10.6 Å². The summed E-state index contributed by atoms with van der Waals surface area (Å²) in [6.45, 7) is 6.12. The number of nitrogens with zero attached hydrogens (tertiary/aromatic N) is 1. The number of hydrogen-bond acceptors (Lipinski definition) is 2. The van der Waals surface area contributed by atoms with E-state index in [0.717, 1.165) is 0 Å². The number of rotatable bonds is 4. The normalized spacial score (nSPS) is 12.5. The average Bonchev–Trinajstić information content (AvgIpc) is 2.21. The molecule has 0 aromatic carbocycles. The molecule has 0 bridgehead atoms. The number of nitrogens with one attached hydrogen (secondary N) is 1. The van der Waals surface area contributed by atoms with Crippen LogP contribution < -0.4 is 10.9 Å². The van der Waals surface area contributed by atoms with Crippen LogP contribution in [0.25, 0.3) is 0 Å². The molecule has 0 aliphatic carbocycles. The van der Waals surface area contributed by atoms with E-state index in [2.05, 4.69) is 5.32 Å². The van der Waals surface area contributed by atoms with Gasteiger partial charge in [0.05, 0.1) is 0 Å². The summed E-state index contributed by atoms with van der Waals surface area (Å²) in [6, 6.07) is 4.96. The molecule has 1 atom stereocenters. The van der Waals surface area contributed by atoms with E-state index in [4.69, 9.17) is 0 Å². The van der Waals surface area contributed by atoms with Crippen LogP contribution >= 0.6 is 0 Å². The van der Waals surface area contributed by atoms with Gasteiger partial charge >= 0.3 is 0 Å². The minimum atomic E-state index is -0.158. The molecule has 16 heavy (non-hydrogen) atoms. The van der Waals surface area contributed by atoms with Crippen LogP contribution in [0, 0.1) is 5.92 Å². The van der Waals surface area contributed by atoms with Crippen LogP contribution in [0.5, 0.6) is 0 Å². The topological polar surface area (TPSA) is 51.1 Å². The molecule has 1 heterocycles. The molecule has 0 aliphatic rings. The number of pyridine rings is 1. The average molecular weight is 222 g/mol. The zero-order valence-corrected chi connectivity index (χ0v) is 9.93. The van der Waals surface area contributed by atoms with Gasteiger partial charge in [-0.15, -0.1) is 0 Å². The Bertz CT molecular complexity index is 409. The fourth-order valence-electron chi connectivity index (χ4n) is 1.21. The van der Waals surface area contributed by atoms with E-state index in [1.807, 2.05) is 20.8 Å². The highest BCUT2D eigenvalue weighted by atomic mass is 16.2. The number of aromatic nitrogens is 1. The quantitative estimate of drug-likeness (QED) is 0.826. The molecule has 88 valence electrons. The third-order valence-corrected chi connectivity index (χ3v) is 2.60. The molecule has 1 aromatic rings. The lowest BCUT2D eigenvalue weighted by molar-refractivity contribution is -0.122. The first-order chi connectivity index (χ1) is 7.50. The Morgan fingerprint density at radius 2 is 2.06 bits per heavy atom. The standard InChI is InChI=1S/C12H18N2O2/c1-9(2)10(3)13-11(15)8-14-7-5-4-6-12(14)16/h4-7,9-10H,8H2,1-3H3,(H,13,15)/t10-/m1/s1. The molecule has 0 saturated carbocycles. The smallest absolute Gasteiger partial charge is 0.250 e. The summed E-state index contributed by atoms with van der Waals surface area (Å²) in [7, 11) is 0. The highest BCUT2D eigenvalue weighted by Gasteiger charge is 2.11. The summed E-state index contributed by atoms with van der Waals surface area (Å²) >= 11 is 0. The summed E-state index contributed by atoms with van der Waals surface area (Å²) in [5, 5.41) is 2.86. The highest BCUT2D eigenvalue weighted by molar-refractivity contribution is 5.76. The Hall–Kier alpha value is -1.58. The van der Waals surface area contributed by atoms with Crippen molar-refractivity contribution in [1.29, 1.82) is 0 Å². The number of amides is 1. The maximum atomic E-state index is 11.6. The van der Waals surface area contributed by atoms with Crippen molar-refractivity contribution in [3.63, 3.8) is 0 Å². The van der Waals surface area contributed by atoms with Crippen molar-refractivity contribution >= 4 is 5.91 Å². The van der Waals surface area contributed by atoms with Crippen molar-refractivity contribution in [3.05, 3.63) is 34.7 Å². The fourth-order valence-corrected chi connectivity index (χ4v) is 1.21. The monoisotopic (exact) mass is 222 g/mol. The van der Waals surface area contributed by atoms with E-state index < -0.39 is 0 Å². The van der Waals surface area contributed by atoms with E-state index in [1.54, 1.807) is 18.3 Å². The molecule has 1 amide bonds. The number of hydrogen-bond donors (Lipinski definition) is 1.